The molecule has 1 N–H and O–H groups in total. The van der Waals surface area contributed by atoms with Crippen LogP contribution in [0.1, 0.15) is 36.8 Å². The predicted molar refractivity (Wildman–Crippen MR) is 157 cm³/mol. The quantitative estimate of drug-likeness (QED) is 0.185. The second kappa shape index (κ2) is 13.0. The third-order valence-electron chi connectivity index (χ3n) is 7.09. The number of carboxylic acids is 1. The number of likely N-dealkylation sites (tertiary alicyclic amines) is 1. The summed E-state index contributed by atoms with van der Waals surface area (Å²) in [7, 11) is 1.70. The number of benzene rings is 3. The molecule has 1 aliphatic rings. The number of aliphatic carboxylic acids is 1. The maximum atomic E-state index is 10.7. The van der Waals surface area contributed by atoms with Crippen molar-refractivity contribution >= 4 is 27.4 Å². The van der Waals surface area contributed by atoms with Gasteiger partial charge in [0.15, 0.2) is 11.5 Å². The van der Waals surface area contributed by atoms with Gasteiger partial charge in [0.25, 0.3) is 0 Å². The minimum absolute atomic E-state index is 0.111. The first-order valence-electron chi connectivity index (χ1n) is 13.6. The second-order valence-electron chi connectivity index (χ2n) is 9.84. The number of rotatable bonds is 13. The summed E-state index contributed by atoms with van der Waals surface area (Å²) in [6.45, 7) is 4.33. The van der Waals surface area contributed by atoms with Crippen molar-refractivity contribution in [2.45, 2.75) is 32.1 Å². The van der Waals surface area contributed by atoms with E-state index >= 15 is 0 Å². The molecule has 1 aliphatic heterocycles. The third-order valence-corrected chi connectivity index (χ3v) is 8.35. The van der Waals surface area contributed by atoms with Crippen LogP contribution in [0.5, 0.6) is 17.2 Å². The van der Waals surface area contributed by atoms with Crippen LogP contribution in [0.2, 0.25) is 0 Å². The van der Waals surface area contributed by atoms with E-state index in [1.807, 2.05) is 18.2 Å². The molecular weight excluding hydrogens is 510 g/mol. The lowest BCUT2D eigenvalue weighted by atomic mass is 9.98. The molecule has 0 aliphatic carbocycles. The van der Waals surface area contributed by atoms with E-state index < -0.39 is 5.97 Å². The number of carboxylic acid groups (broad SMARTS) is 1. The third kappa shape index (κ3) is 6.91. The van der Waals surface area contributed by atoms with Gasteiger partial charge in [-0.1, -0.05) is 24.3 Å². The first-order valence-corrected chi connectivity index (χ1v) is 14.4. The van der Waals surface area contributed by atoms with Crippen LogP contribution in [0.3, 0.4) is 0 Å². The minimum Gasteiger partial charge on any atom is -0.494 e. The van der Waals surface area contributed by atoms with E-state index in [1.54, 1.807) is 18.4 Å². The van der Waals surface area contributed by atoms with Crippen LogP contribution in [0.15, 0.2) is 66.7 Å². The molecule has 4 aromatic rings. The molecule has 3 aromatic carbocycles. The number of nitrogens with zero attached hydrogens (tertiary/aromatic N) is 1. The van der Waals surface area contributed by atoms with Gasteiger partial charge in [-0.05, 0) is 103 Å². The lowest BCUT2D eigenvalue weighted by molar-refractivity contribution is -0.137. The summed E-state index contributed by atoms with van der Waals surface area (Å²) in [5.74, 6) is 1.49. The van der Waals surface area contributed by atoms with Gasteiger partial charge < -0.3 is 19.3 Å². The van der Waals surface area contributed by atoms with Crippen LogP contribution in [0.25, 0.3) is 20.5 Å². The molecular formula is C32H35NO5S. The van der Waals surface area contributed by atoms with E-state index in [1.165, 1.54) is 52.0 Å². The van der Waals surface area contributed by atoms with Gasteiger partial charge in [0.2, 0.25) is 0 Å². The molecule has 204 valence electrons. The van der Waals surface area contributed by atoms with Gasteiger partial charge in [-0.15, -0.1) is 11.3 Å². The average molecular weight is 546 g/mol. The first-order chi connectivity index (χ1) is 19.1. The van der Waals surface area contributed by atoms with Crippen LogP contribution < -0.4 is 14.2 Å². The highest BCUT2D eigenvalue weighted by molar-refractivity contribution is 7.22. The second-order valence-corrected chi connectivity index (χ2v) is 10.9. The number of carbonyl (C=O) groups is 1. The van der Waals surface area contributed by atoms with E-state index in [2.05, 4.69) is 53.4 Å². The lowest BCUT2D eigenvalue weighted by Crippen LogP contribution is -2.25. The molecule has 0 bridgehead atoms. The lowest BCUT2D eigenvalue weighted by Gasteiger charge is -2.17. The fraction of sp³-hybridized carbons (Fsp3) is 0.344. The summed E-state index contributed by atoms with van der Waals surface area (Å²) in [6.07, 6.45) is 3.94. The van der Waals surface area contributed by atoms with Crippen molar-refractivity contribution in [1.82, 2.24) is 4.90 Å². The highest BCUT2D eigenvalue weighted by Gasteiger charge is 2.16. The van der Waals surface area contributed by atoms with Crippen molar-refractivity contribution in [1.29, 1.82) is 0 Å². The molecule has 0 spiro atoms. The molecule has 0 unspecified atom stereocenters. The van der Waals surface area contributed by atoms with Crippen molar-refractivity contribution in [3.63, 3.8) is 0 Å². The molecule has 0 amide bonds. The normalized spacial score (nSPS) is 13.6. The first kappa shape index (κ1) is 27.0. The molecule has 2 heterocycles. The van der Waals surface area contributed by atoms with Crippen LogP contribution in [-0.2, 0) is 11.2 Å². The molecule has 0 saturated carbocycles. The molecule has 6 nitrogen and oxygen atoms in total. The van der Waals surface area contributed by atoms with E-state index in [9.17, 15) is 4.79 Å². The van der Waals surface area contributed by atoms with Gasteiger partial charge >= 0.3 is 5.97 Å². The smallest absolute Gasteiger partial charge is 0.303 e. The van der Waals surface area contributed by atoms with Crippen molar-refractivity contribution in [3.05, 3.63) is 77.9 Å². The van der Waals surface area contributed by atoms with Crippen LogP contribution >= 0.6 is 11.3 Å². The SMILES string of the molecule is COc1cc(Cc2c(-c3ccc(OCCCC(=O)O)cc3)sc3ccccc23)ccc1OCCN1CCCC1. The Balaban J connectivity index is 1.33. The number of ether oxygens (including phenoxy) is 3. The minimum atomic E-state index is -0.802. The van der Waals surface area contributed by atoms with Gasteiger partial charge in [0.1, 0.15) is 12.4 Å². The Hall–Kier alpha value is -3.55. The van der Waals surface area contributed by atoms with Crippen LogP contribution in [0, 0.1) is 0 Å². The van der Waals surface area contributed by atoms with Gasteiger partial charge in [-0.25, -0.2) is 0 Å². The van der Waals surface area contributed by atoms with E-state index in [0.717, 1.165) is 35.8 Å². The Kier molecular flexibility index (Phi) is 9.01. The molecule has 7 heteroatoms. The standard InChI is InChI=1S/C32H35NO5S/c1-36-29-22-23(10-15-28(29)38-20-18-33-16-4-5-17-33)21-27-26-7-2-3-8-30(26)39-32(27)24-11-13-25(14-12-24)37-19-6-9-31(34)35/h2-3,7-8,10-15,22H,4-6,9,16-21H2,1H3,(H,34,35). The molecule has 39 heavy (non-hydrogen) atoms. The zero-order valence-electron chi connectivity index (χ0n) is 22.4. The van der Waals surface area contributed by atoms with E-state index in [0.29, 0.717) is 19.6 Å². The zero-order valence-corrected chi connectivity index (χ0v) is 23.2. The fourth-order valence-corrected chi connectivity index (χ4v) is 6.29. The molecule has 5 rings (SSSR count). The predicted octanol–water partition coefficient (Wildman–Crippen LogP) is 6.89. The highest BCUT2D eigenvalue weighted by atomic mass is 32.1. The summed E-state index contributed by atoms with van der Waals surface area (Å²) in [6, 6.07) is 22.9. The average Bonchev–Trinajstić information content (AvgIpc) is 3.60. The number of hydrogen-bond acceptors (Lipinski definition) is 6. The van der Waals surface area contributed by atoms with Crippen LogP contribution in [-0.4, -0.2) is 55.9 Å². The summed E-state index contributed by atoms with van der Waals surface area (Å²) in [5.41, 5.74) is 3.59. The van der Waals surface area contributed by atoms with Crippen LogP contribution in [0.4, 0.5) is 0 Å². The summed E-state index contributed by atoms with van der Waals surface area (Å²) in [5, 5.41) is 10.1. The van der Waals surface area contributed by atoms with Gasteiger partial charge in [-0.2, -0.15) is 0 Å². The maximum absolute atomic E-state index is 10.7. The Bertz CT molecular complexity index is 1390. The number of thiophene rings is 1. The Morgan fingerprint density at radius 3 is 2.51 bits per heavy atom. The van der Waals surface area contributed by atoms with Crippen molar-refractivity contribution in [2.75, 3.05) is 40.0 Å². The monoisotopic (exact) mass is 545 g/mol. The molecule has 0 atom stereocenters. The topological polar surface area (TPSA) is 68.2 Å². The molecule has 1 saturated heterocycles. The fourth-order valence-electron chi connectivity index (χ4n) is 5.06. The van der Waals surface area contributed by atoms with Gasteiger partial charge in [-0.3, -0.25) is 9.69 Å². The molecule has 1 aromatic heterocycles. The largest absolute Gasteiger partial charge is 0.494 e. The van der Waals surface area contributed by atoms with Gasteiger partial charge in [0.05, 0.1) is 13.7 Å². The molecule has 1 fully saturated rings. The highest BCUT2D eigenvalue weighted by Crippen LogP contribution is 2.41. The maximum Gasteiger partial charge on any atom is 0.303 e. The Morgan fingerprint density at radius 2 is 1.74 bits per heavy atom. The number of methoxy groups -OCH3 is 1. The van der Waals surface area contributed by atoms with Crippen molar-refractivity contribution < 1.29 is 24.1 Å². The summed E-state index contributed by atoms with van der Waals surface area (Å²) < 4.78 is 18.8. The zero-order chi connectivity index (χ0) is 27.0. The Labute approximate surface area is 233 Å². The van der Waals surface area contributed by atoms with Gasteiger partial charge in [0, 0.05) is 22.5 Å². The number of fused-ring (bicyclic) bond motifs is 1. The van der Waals surface area contributed by atoms with E-state index in [-0.39, 0.29) is 6.42 Å². The van der Waals surface area contributed by atoms with E-state index in [4.69, 9.17) is 19.3 Å². The summed E-state index contributed by atoms with van der Waals surface area (Å²) in [4.78, 5) is 14.4. The molecule has 0 radical (unpaired) electrons. The van der Waals surface area contributed by atoms with Crippen molar-refractivity contribution in [2.24, 2.45) is 0 Å². The van der Waals surface area contributed by atoms with Crippen molar-refractivity contribution in [3.8, 4) is 27.7 Å². The summed E-state index contributed by atoms with van der Waals surface area (Å²) >= 11 is 1.80. The Morgan fingerprint density at radius 1 is 0.949 bits per heavy atom. The number of hydrogen-bond donors (Lipinski definition) is 1.